The van der Waals surface area contributed by atoms with E-state index in [1.165, 1.54) is 19.1 Å². The zero-order valence-corrected chi connectivity index (χ0v) is 11.6. The molecule has 1 aromatic carbocycles. The zero-order chi connectivity index (χ0) is 14.6. The number of benzene rings is 1. The van der Waals surface area contributed by atoms with Crippen molar-refractivity contribution in [1.29, 1.82) is 0 Å². The lowest BCUT2D eigenvalue weighted by atomic mass is 10.0. The van der Waals surface area contributed by atoms with E-state index in [1.54, 1.807) is 0 Å². The van der Waals surface area contributed by atoms with Crippen LogP contribution in [0.5, 0.6) is 0 Å². The van der Waals surface area contributed by atoms with Gasteiger partial charge in [-0.1, -0.05) is 30.6 Å². The van der Waals surface area contributed by atoms with Gasteiger partial charge in [-0.3, -0.25) is 0 Å². The van der Waals surface area contributed by atoms with Crippen LogP contribution in [0.25, 0.3) is 0 Å². The van der Waals surface area contributed by atoms with Crippen molar-refractivity contribution in [2.75, 3.05) is 6.61 Å². The molecule has 0 aliphatic heterocycles. The molecule has 19 heavy (non-hydrogen) atoms. The first-order valence-corrected chi connectivity index (χ1v) is 6.13. The maximum Gasteiger partial charge on any atom is 0.417 e. The van der Waals surface area contributed by atoms with Crippen LogP contribution in [-0.4, -0.2) is 12.3 Å². The number of oxime groups is 1. The zero-order valence-electron chi connectivity index (χ0n) is 10.9. The van der Waals surface area contributed by atoms with Gasteiger partial charge in [0.25, 0.3) is 0 Å². The first-order chi connectivity index (χ1) is 8.71. The Bertz CT molecular complexity index is 469. The molecule has 0 aliphatic rings. The Hall–Kier alpha value is -1.23. The minimum atomic E-state index is -4.45. The maximum atomic E-state index is 12.9. The van der Waals surface area contributed by atoms with Gasteiger partial charge in [0.2, 0.25) is 0 Å². The first kappa shape index (κ1) is 15.8. The third-order valence-corrected chi connectivity index (χ3v) is 2.52. The third kappa shape index (κ3) is 4.74. The van der Waals surface area contributed by atoms with Gasteiger partial charge in [-0.2, -0.15) is 13.2 Å². The van der Waals surface area contributed by atoms with Crippen molar-refractivity contribution in [3.8, 4) is 0 Å². The average molecular weight is 294 g/mol. The number of halogens is 4. The Balaban J connectivity index is 3.07. The minimum absolute atomic E-state index is 0.0660. The Morgan fingerprint density at radius 1 is 1.37 bits per heavy atom. The molecule has 0 aliphatic carbocycles. The van der Waals surface area contributed by atoms with E-state index in [0.717, 1.165) is 6.07 Å². The second kappa shape index (κ2) is 6.28. The predicted molar refractivity (Wildman–Crippen MR) is 69.5 cm³/mol. The summed E-state index contributed by atoms with van der Waals surface area (Å²) in [5, 5.41) is 3.93. The van der Waals surface area contributed by atoms with Crippen LogP contribution in [0, 0.1) is 5.92 Å². The van der Waals surface area contributed by atoms with Crippen LogP contribution in [-0.2, 0) is 11.0 Å². The van der Waals surface area contributed by atoms with E-state index in [1.807, 2.05) is 13.8 Å². The Morgan fingerprint density at radius 3 is 2.53 bits per heavy atom. The summed E-state index contributed by atoms with van der Waals surface area (Å²) >= 11 is 5.73. The average Bonchev–Trinajstić information content (AvgIpc) is 2.26. The molecule has 0 saturated heterocycles. The summed E-state index contributed by atoms with van der Waals surface area (Å²) < 4.78 is 38.6. The second-order valence-corrected chi connectivity index (χ2v) is 4.99. The molecule has 0 aromatic heterocycles. The molecule has 0 heterocycles. The molecule has 0 amide bonds. The standard InChI is InChI=1S/C13H15ClF3NO/c1-8(2)7-19-18-9(3)11-6-10(14)4-5-12(11)13(15,16)17/h4-6,8H,7H2,1-3H3/b18-9+. The fourth-order valence-electron chi connectivity index (χ4n) is 1.40. The van der Waals surface area contributed by atoms with Crippen molar-refractivity contribution in [2.24, 2.45) is 11.1 Å². The molecule has 1 rings (SSSR count). The van der Waals surface area contributed by atoms with Gasteiger partial charge in [0, 0.05) is 10.6 Å². The van der Waals surface area contributed by atoms with Crippen LogP contribution >= 0.6 is 11.6 Å². The van der Waals surface area contributed by atoms with Gasteiger partial charge in [-0.05, 0) is 31.0 Å². The molecule has 6 heteroatoms. The van der Waals surface area contributed by atoms with Crippen molar-refractivity contribution < 1.29 is 18.0 Å². The molecule has 0 radical (unpaired) electrons. The molecule has 0 bridgehead atoms. The van der Waals surface area contributed by atoms with E-state index in [2.05, 4.69) is 5.16 Å². The van der Waals surface area contributed by atoms with Crippen molar-refractivity contribution in [2.45, 2.75) is 26.9 Å². The van der Waals surface area contributed by atoms with Gasteiger partial charge >= 0.3 is 6.18 Å². The van der Waals surface area contributed by atoms with Gasteiger partial charge in [0.05, 0.1) is 11.3 Å². The maximum absolute atomic E-state index is 12.9. The van der Waals surface area contributed by atoms with Crippen LogP contribution in [0.2, 0.25) is 5.02 Å². The highest BCUT2D eigenvalue weighted by atomic mass is 35.5. The first-order valence-electron chi connectivity index (χ1n) is 5.75. The summed E-state index contributed by atoms with van der Waals surface area (Å²) in [7, 11) is 0. The van der Waals surface area contributed by atoms with E-state index in [0.29, 0.717) is 6.61 Å². The van der Waals surface area contributed by atoms with Crippen molar-refractivity contribution >= 4 is 17.3 Å². The smallest absolute Gasteiger partial charge is 0.395 e. The summed E-state index contributed by atoms with van der Waals surface area (Å²) in [5.41, 5.74) is -0.689. The molecule has 0 saturated carbocycles. The van der Waals surface area contributed by atoms with Gasteiger partial charge in [0.1, 0.15) is 6.61 Å². The topological polar surface area (TPSA) is 21.6 Å². The van der Waals surface area contributed by atoms with Crippen LogP contribution in [0.15, 0.2) is 23.4 Å². The van der Waals surface area contributed by atoms with Crippen LogP contribution in [0.4, 0.5) is 13.2 Å². The van der Waals surface area contributed by atoms with Gasteiger partial charge in [-0.15, -0.1) is 0 Å². The molecule has 2 nitrogen and oxygen atoms in total. The van der Waals surface area contributed by atoms with E-state index in [4.69, 9.17) is 16.4 Å². The fraction of sp³-hybridized carbons (Fsp3) is 0.462. The predicted octanol–water partition coefficient (Wildman–Crippen LogP) is 4.76. The molecular formula is C13H15ClF3NO. The summed E-state index contributed by atoms with van der Waals surface area (Å²) in [4.78, 5) is 5.00. The van der Waals surface area contributed by atoms with Crippen LogP contribution in [0.1, 0.15) is 31.9 Å². The van der Waals surface area contributed by atoms with Crippen LogP contribution in [0.3, 0.4) is 0 Å². The Morgan fingerprint density at radius 2 is 2.00 bits per heavy atom. The van der Waals surface area contributed by atoms with Gasteiger partial charge in [-0.25, -0.2) is 0 Å². The highest BCUT2D eigenvalue weighted by molar-refractivity contribution is 6.31. The van der Waals surface area contributed by atoms with Gasteiger partial charge in [0.15, 0.2) is 0 Å². The SMILES string of the molecule is C/C(=N\OCC(C)C)c1cc(Cl)ccc1C(F)(F)F. The molecule has 0 N–H and O–H groups in total. The number of rotatable bonds is 4. The number of hydrogen-bond donors (Lipinski definition) is 0. The largest absolute Gasteiger partial charge is 0.417 e. The van der Waals surface area contributed by atoms with E-state index in [-0.39, 0.29) is 22.2 Å². The van der Waals surface area contributed by atoms with E-state index in [9.17, 15) is 13.2 Å². The number of alkyl halides is 3. The lowest BCUT2D eigenvalue weighted by Gasteiger charge is -2.13. The summed E-state index contributed by atoms with van der Waals surface area (Å²) in [6, 6.07) is 3.39. The highest BCUT2D eigenvalue weighted by Gasteiger charge is 2.34. The normalized spacial score (nSPS) is 12.9. The molecule has 0 atom stereocenters. The lowest BCUT2D eigenvalue weighted by Crippen LogP contribution is -2.12. The lowest BCUT2D eigenvalue weighted by molar-refractivity contribution is -0.137. The van der Waals surface area contributed by atoms with Crippen molar-refractivity contribution in [3.05, 3.63) is 34.3 Å². The molecular weight excluding hydrogens is 279 g/mol. The van der Waals surface area contributed by atoms with Crippen LogP contribution < -0.4 is 0 Å². The van der Waals surface area contributed by atoms with Crippen molar-refractivity contribution in [1.82, 2.24) is 0 Å². The number of hydrogen-bond acceptors (Lipinski definition) is 2. The Labute approximate surface area is 115 Å². The Kier molecular flexibility index (Phi) is 5.23. The molecule has 0 fully saturated rings. The number of nitrogens with zero attached hydrogens (tertiary/aromatic N) is 1. The fourth-order valence-corrected chi connectivity index (χ4v) is 1.57. The molecule has 0 unspecified atom stereocenters. The minimum Gasteiger partial charge on any atom is -0.395 e. The van der Waals surface area contributed by atoms with E-state index >= 15 is 0 Å². The molecule has 0 spiro atoms. The second-order valence-electron chi connectivity index (χ2n) is 4.55. The highest BCUT2D eigenvalue weighted by Crippen LogP contribution is 2.33. The molecule has 1 aromatic rings. The summed E-state index contributed by atoms with van der Waals surface area (Å²) in [5.74, 6) is 0.248. The quantitative estimate of drug-likeness (QED) is 0.579. The summed E-state index contributed by atoms with van der Waals surface area (Å²) in [6.07, 6.45) is -4.45. The van der Waals surface area contributed by atoms with E-state index < -0.39 is 11.7 Å². The molecule has 106 valence electrons. The summed E-state index contributed by atoms with van der Waals surface area (Å²) in [6.45, 7) is 5.65. The monoisotopic (exact) mass is 293 g/mol. The van der Waals surface area contributed by atoms with Crippen molar-refractivity contribution in [3.63, 3.8) is 0 Å². The van der Waals surface area contributed by atoms with Gasteiger partial charge < -0.3 is 4.84 Å². The third-order valence-electron chi connectivity index (χ3n) is 2.29.